The smallest absolute Gasteiger partial charge is 0.414 e. The van der Waals surface area contributed by atoms with Gasteiger partial charge in [0.2, 0.25) is 0 Å². The molecule has 1 saturated heterocycles. The van der Waals surface area contributed by atoms with E-state index in [1.165, 1.54) is 43.6 Å². The minimum Gasteiger partial charge on any atom is -0.493 e. The van der Waals surface area contributed by atoms with Crippen LogP contribution in [-0.2, 0) is 15.0 Å². The molecule has 1 aromatic rings. The van der Waals surface area contributed by atoms with Crippen LogP contribution in [0.2, 0.25) is 0 Å². The molecule has 1 atom stereocenters. The van der Waals surface area contributed by atoms with Crippen LogP contribution in [0, 0.1) is 12.8 Å². The second-order valence-electron chi connectivity index (χ2n) is 8.59. The van der Waals surface area contributed by atoms with E-state index < -0.39 is 11.9 Å². The van der Waals surface area contributed by atoms with Crippen molar-refractivity contribution < 1.29 is 24.5 Å². The average Bonchev–Trinajstić information content (AvgIpc) is 2.59. The van der Waals surface area contributed by atoms with Crippen molar-refractivity contribution in [2.24, 2.45) is 5.92 Å². The van der Waals surface area contributed by atoms with Gasteiger partial charge in [0.15, 0.2) is 0 Å². The number of aliphatic carboxylic acids is 2. The molecule has 1 aliphatic heterocycles. The van der Waals surface area contributed by atoms with Gasteiger partial charge in [0.1, 0.15) is 5.75 Å². The molecule has 1 aromatic carbocycles. The third kappa shape index (κ3) is 8.74. The van der Waals surface area contributed by atoms with E-state index in [9.17, 15) is 0 Å². The van der Waals surface area contributed by atoms with E-state index in [1.54, 1.807) is 0 Å². The maximum absolute atomic E-state index is 9.10. The fourth-order valence-corrected chi connectivity index (χ4v) is 3.24. The molecular formula is C22H35NO5. The van der Waals surface area contributed by atoms with Gasteiger partial charge in [0.25, 0.3) is 0 Å². The van der Waals surface area contributed by atoms with Crippen LogP contribution in [0.5, 0.6) is 5.75 Å². The van der Waals surface area contributed by atoms with E-state index in [-0.39, 0.29) is 5.41 Å². The molecular weight excluding hydrogens is 358 g/mol. The molecule has 1 fully saturated rings. The van der Waals surface area contributed by atoms with Crippen molar-refractivity contribution in [1.82, 2.24) is 4.90 Å². The summed E-state index contributed by atoms with van der Waals surface area (Å²) in [5, 5.41) is 14.8. The number of rotatable bonds is 5. The van der Waals surface area contributed by atoms with Gasteiger partial charge < -0.3 is 19.8 Å². The first-order valence-corrected chi connectivity index (χ1v) is 9.93. The van der Waals surface area contributed by atoms with E-state index in [0.717, 1.165) is 24.7 Å². The monoisotopic (exact) mass is 393 g/mol. The highest BCUT2D eigenvalue weighted by atomic mass is 16.5. The Balaban J connectivity index is 0.000000568. The Labute approximate surface area is 168 Å². The van der Waals surface area contributed by atoms with Gasteiger partial charge in [-0.15, -0.1) is 0 Å². The zero-order valence-corrected chi connectivity index (χ0v) is 17.8. The Morgan fingerprint density at radius 2 is 1.86 bits per heavy atom. The normalized spacial score (nSPS) is 17.4. The molecule has 0 saturated carbocycles. The predicted octanol–water partition coefficient (Wildman–Crippen LogP) is 3.95. The van der Waals surface area contributed by atoms with Crippen molar-refractivity contribution in [2.45, 2.75) is 59.3 Å². The van der Waals surface area contributed by atoms with Crippen molar-refractivity contribution in [1.29, 1.82) is 0 Å². The maximum Gasteiger partial charge on any atom is 0.414 e. The molecule has 1 aliphatic rings. The summed E-state index contributed by atoms with van der Waals surface area (Å²) in [6.45, 7) is 15.8. The quantitative estimate of drug-likeness (QED) is 0.582. The molecule has 0 aromatic heterocycles. The lowest BCUT2D eigenvalue weighted by atomic mass is 9.86. The largest absolute Gasteiger partial charge is 0.493 e. The maximum atomic E-state index is 9.10. The van der Waals surface area contributed by atoms with Gasteiger partial charge in [-0.05, 0) is 61.3 Å². The summed E-state index contributed by atoms with van der Waals surface area (Å²) < 4.78 is 6.00. The van der Waals surface area contributed by atoms with Crippen LogP contribution in [0.3, 0.4) is 0 Å². The second-order valence-corrected chi connectivity index (χ2v) is 8.59. The third-order valence-electron chi connectivity index (χ3n) is 4.84. The molecule has 1 unspecified atom stereocenters. The van der Waals surface area contributed by atoms with Crippen molar-refractivity contribution in [3.05, 3.63) is 29.3 Å². The lowest BCUT2D eigenvalue weighted by Gasteiger charge is -2.30. The van der Waals surface area contributed by atoms with E-state index in [2.05, 4.69) is 57.7 Å². The summed E-state index contributed by atoms with van der Waals surface area (Å²) in [4.78, 5) is 20.8. The summed E-state index contributed by atoms with van der Waals surface area (Å²) >= 11 is 0. The number of carbonyl (C=O) groups is 2. The summed E-state index contributed by atoms with van der Waals surface area (Å²) in [7, 11) is 0. The van der Waals surface area contributed by atoms with Crippen LogP contribution >= 0.6 is 0 Å². The summed E-state index contributed by atoms with van der Waals surface area (Å²) in [6, 6.07) is 6.61. The van der Waals surface area contributed by atoms with Gasteiger partial charge in [0, 0.05) is 13.1 Å². The van der Waals surface area contributed by atoms with E-state index in [4.69, 9.17) is 24.5 Å². The van der Waals surface area contributed by atoms with E-state index in [0.29, 0.717) is 0 Å². The summed E-state index contributed by atoms with van der Waals surface area (Å²) in [5.41, 5.74) is 2.83. The van der Waals surface area contributed by atoms with Gasteiger partial charge in [-0.1, -0.05) is 39.8 Å². The Morgan fingerprint density at radius 3 is 2.36 bits per heavy atom. The molecule has 2 rings (SSSR count). The van der Waals surface area contributed by atoms with Crippen molar-refractivity contribution in [3.63, 3.8) is 0 Å². The third-order valence-corrected chi connectivity index (χ3v) is 4.84. The van der Waals surface area contributed by atoms with Crippen LogP contribution in [-0.4, -0.2) is 53.3 Å². The highest BCUT2D eigenvalue weighted by Crippen LogP contribution is 2.27. The number of hydrogen-bond acceptors (Lipinski definition) is 4. The number of carboxylic acids is 2. The van der Waals surface area contributed by atoms with Crippen LogP contribution in [0.15, 0.2) is 18.2 Å². The molecule has 0 aliphatic carbocycles. The Hall–Kier alpha value is -2.08. The zero-order chi connectivity index (χ0) is 21.3. The number of benzene rings is 1. The van der Waals surface area contributed by atoms with Crippen LogP contribution in [0.1, 0.15) is 58.1 Å². The molecule has 0 bridgehead atoms. The number of hydrogen-bond donors (Lipinski definition) is 2. The summed E-state index contributed by atoms with van der Waals surface area (Å²) in [6.07, 6.45) is 3.87. The van der Waals surface area contributed by atoms with Gasteiger partial charge in [0.05, 0.1) is 6.61 Å². The minimum absolute atomic E-state index is 0.203. The fraction of sp³-hybridized carbons (Fsp3) is 0.636. The highest BCUT2D eigenvalue weighted by molar-refractivity contribution is 6.27. The molecule has 6 heteroatoms. The zero-order valence-electron chi connectivity index (χ0n) is 17.8. The minimum atomic E-state index is -1.82. The first-order chi connectivity index (χ1) is 13.0. The molecule has 28 heavy (non-hydrogen) atoms. The molecule has 6 nitrogen and oxygen atoms in total. The number of likely N-dealkylation sites (tertiary alicyclic amines) is 1. The molecule has 0 amide bonds. The van der Waals surface area contributed by atoms with Gasteiger partial charge in [-0.25, -0.2) is 9.59 Å². The summed E-state index contributed by atoms with van der Waals surface area (Å²) in [5.74, 6) is -1.74. The van der Waals surface area contributed by atoms with E-state index >= 15 is 0 Å². The Morgan fingerprint density at radius 1 is 1.21 bits per heavy atom. The lowest BCUT2D eigenvalue weighted by Crippen LogP contribution is -2.35. The first kappa shape index (κ1) is 24.0. The van der Waals surface area contributed by atoms with Gasteiger partial charge in [-0.3, -0.25) is 0 Å². The Kier molecular flexibility index (Phi) is 9.46. The average molecular weight is 394 g/mol. The number of nitrogens with zero attached hydrogens (tertiary/aromatic N) is 1. The molecule has 158 valence electrons. The van der Waals surface area contributed by atoms with Crippen LogP contribution in [0.4, 0.5) is 0 Å². The Bertz CT molecular complexity index is 639. The number of carboxylic acid groups (broad SMARTS) is 2. The molecule has 1 heterocycles. The van der Waals surface area contributed by atoms with Crippen molar-refractivity contribution >= 4 is 11.9 Å². The number of ether oxygens (including phenoxy) is 1. The van der Waals surface area contributed by atoms with E-state index in [1.807, 2.05) is 0 Å². The predicted molar refractivity (Wildman–Crippen MR) is 110 cm³/mol. The van der Waals surface area contributed by atoms with Gasteiger partial charge >= 0.3 is 11.9 Å². The van der Waals surface area contributed by atoms with Crippen molar-refractivity contribution in [2.75, 3.05) is 26.2 Å². The van der Waals surface area contributed by atoms with Gasteiger partial charge in [-0.2, -0.15) is 0 Å². The lowest BCUT2D eigenvalue weighted by molar-refractivity contribution is -0.159. The molecule has 0 radical (unpaired) electrons. The second kappa shape index (κ2) is 11.1. The number of aryl methyl sites for hydroxylation is 1. The SMILES string of the molecule is Cc1cc(C(C)(C)C)ccc1OCCCN1CCCC(C)C1.O=C(O)C(=O)O. The van der Waals surface area contributed by atoms with Crippen LogP contribution in [0.25, 0.3) is 0 Å². The molecule has 0 spiro atoms. The first-order valence-electron chi connectivity index (χ1n) is 9.93. The topological polar surface area (TPSA) is 87.1 Å². The standard InChI is InChI=1S/C20H33NO.C2H2O4/c1-16-8-6-11-21(15-16)12-7-13-22-19-10-9-18(14-17(19)2)20(3,4)5;3-1(4)2(5)6/h9-10,14,16H,6-8,11-13,15H2,1-5H3;(H,3,4)(H,5,6). The fourth-order valence-electron chi connectivity index (χ4n) is 3.24. The van der Waals surface area contributed by atoms with Crippen molar-refractivity contribution in [3.8, 4) is 5.75 Å². The molecule has 2 N–H and O–H groups in total. The number of piperidine rings is 1. The van der Waals surface area contributed by atoms with Crippen LogP contribution < -0.4 is 4.74 Å². The highest BCUT2D eigenvalue weighted by Gasteiger charge is 2.16.